The molecule has 0 radical (unpaired) electrons. The zero-order chi connectivity index (χ0) is 13.5. The molecule has 0 aromatic heterocycles. The molecular formula is C13H16F2O3. The molecule has 1 rings (SSSR count). The predicted octanol–water partition coefficient (Wildman–Crippen LogP) is 2.59. The van der Waals surface area contributed by atoms with Gasteiger partial charge in [0.2, 0.25) is 0 Å². The van der Waals surface area contributed by atoms with Crippen LogP contribution >= 0.6 is 0 Å². The average molecular weight is 258 g/mol. The molecule has 0 N–H and O–H groups in total. The van der Waals surface area contributed by atoms with Crippen LogP contribution in [0.5, 0.6) is 0 Å². The summed E-state index contributed by atoms with van der Waals surface area (Å²) in [7, 11) is 0. The van der Waals surface area contributed by atoms with E-state index in [1.165, 1.54) is 6.07 Å². The minimum Gasteiger partial charge on any atom is -0.379 e. The lowest BCUT2D eigenvalue weighted by Crippen LogP contribution is -2.21. The maximum atomic E-state index is 13.3. The number of carbonyl (C=O) groups excluding carboxylic acids is 1. The minimum absolute atomic E-state index is 0.302. The molecule has 1 unspecified atom stereocenters. The fourth-order valence-corrected chi connectivity index (χ4v) is 1.39. The van der Waals surface area contributed by atoms with E-state index in [0.717, 1.165) is 12.1 Å². The average Bonchev–Trinajstić information content (AvgIpc) is 2.33. The van der Waals surface area contributed by atoms with E-state index in [9.17, 15) is 13.6 Å². The van der Waals surface area contributed by atoms with Gasteiger partial charge in [-0.2, -0.15) is 0 Å². The molecule has 0 heterocycles. The first-order chi connectivity index (χ1) is 8.56. The van der Waals surface area contributed by atoms with Gasteiger partial charge in [0.15, 0.2) is 5.78 Å². The number of hydrogen-bond donors (Lipinski definition) is 0. The third-order valence-corrected chi connectivity index (χ3v) is 2.30. The second-order valence-electron chi connectivity index (χ2n) is 3.80. The Hall–Kier alpha value is -1.33. The molecule has 0 amide bonds. The highest BCUT2D eigenvalue weighted by Crippen LogP contribution is 2.13. The third-order valence-electron chi connectivity index (χ3n) is 2.30. The molecule has 0 spiro atoms. The Labute approximate surface area is 105 Å². The van der Waals surface area contributed by atoms with Crippen molar-refractivity contribution in [1.29, 1.82) is 0 Å². The number of benzene rings is 1. The Bertz CT molecular complexity index is 387. The molecule has 5 heteroatoms. The van der Waals surface area contributed by atoms with Crippen LogP contribution < -0.4 is 0 Å². The fraction of sp³-hybridized carbons (Fsp3) is 0.462. The quantitative estimate of drug-likeness (QED) is 0.705. The Kier molecular flexibility index (Phi) is 5.88. The number of carbonyl (C=O) groups is 1. The molecule has 18 heavy (non-hydrogen) atoms. The summed E-state index contributed by atoms with van der Waals surface area (Å²) in [5, 5.41) is 0. The zero-order valence-corrected chi connectivity index (χ0v) is 10.4. The van der Waals surface area contributed by atoms with Gasteiger partial charge in [-0.05, 0) is 26.0 Å². The van der Waals surface area contributed by atoms with E-state index in [2.05, 4.69) is 0 Å². The lowest BCUT2D eigenvalue weighted by atomic mass is 10.1. The summed E-state index contributed by atoms with van der Waals surface area (Å²) >= 11 is 0. The van der Waals surface area contributed by atoms with Gasteiger partial charge in [0.05, 0.1) is 18.3 Å². The van der Waals surface area contributed by atoms with E-state index >= 15 is 0 Å². The fourth-order valence-electron chi connectivity index (χ4n) is 1.39. The molecule has 0 aliphatic rings. The topological polar surface area (TPSA) is 35.5 Å². The number of ketones is 1. The number of ether oxygens (including phenoxy) is 2. The van der Waals surface area contributed by atoms with Crippen molar-refractivity contribution >= 4 is 5.78 Å². The largest absolute Gasteiger partial charge is 0.379 e. The van der Waals surface area contributed by atoms with E-state index < -0.39 is 23.0 Å². The number of hydrogen-bond acceptors (Lipinski definition) is 3. The van der Waals surface area contributed by atoms with Crippen molar-refractivity contribution in [1.82, 2.24) is 0 Å². The highest BCUT2D eigenvalue weighted by Gasteiger charge is 2.17. The van der Waals surface area contributed by atoms with Gasteiger partial charge in [-0.1, -0.05) is 6.07 Å². The number of Topliss-reactive ketones (excluding diaryl/α,β-unsaturated/α-hetero) is 1. The van der Waals surface area contributed by atoms with Gasteiger partial charge in [0.1, 0.15) is 18.2 Å². The first-order valence-electron chi connectivity index (χ1n) is 5.72. The van der Waals surface area contributed by atoms with Crippen molar-refractivity contribution in [3.05, 3.63) is 35.4 Å². The highest BCUT2D eigenvalue weighted by molar-refractivity contribution is 5.97. The maximum absolute atomic E-state index is 13.3. The molecule has 3 nitrogen and oxygen atoms in total. The summed E-state index contributed by atoms with van der Waals surface area (Å²) in [6.45, 7) is 4.08. The normalized spacial score (nSPS) is 12.4. The van der Waals surface area contributed by atoms with Crippen molar-refractivity contribution in [2.75, 3.05) is 19.8 Å². The number of rotatable bonds is 7. The van der Waals surface area contributed by atoms with Gasteiger partial charge in [0.25, 0.3) is 0 Å². The van der Waals surface area contributed by atoms with Crippen LogP contribution in [0.3, 0.4) is 0 Å². The monoisotopic (exact) mass is 258 g/mol. The Morgan fingerprint density at radius 1 is 1.33 bits per heavy atom. The van der Waals surface area contributed by atoms with Gasteiger partial charge in [-0.3, -0.25) is 4.79 Å². The van der Waals surface area contributed by atoms with Gasteiger partial charge >= 0.3 is 0 Å². The van der Waals surface area contributed by atoms with Crippen LogP contribution in [0.1, 0.15) is 24.2 Å². The standard InChI is InChI=1S/C13H16F2O3/c1-3-17-7-9(2)18-8-12(16)13-10(14)5-4-6-11(13)15/h4-6,9H,3,7-8H2,1-2H3. The van der Waals surface area contributed by atoms with Crippen LogP contribution in [0.4, 0.5) is 8.78 Å². The summed E-state index contributed by atoms with van der Waals surface area (Å²) < 4.78 is 36.8. The summed E-state index contributed by atoms with van der Waals surface area (Å²) in [6.07, 6.45) is -0.302. The van der Waals surface area contributed by atoms with Crippen molar-refractivity contribution in [2.24, 2.45) is 0 Å². The van der Waals surface area contributed by atoms with E-state index in [4.69, 9.17) is 9.47 Å². The molecule has 0 fully saturated rings. The number of halogens is 2. The van der Waals surface area contributed by atoms with E-state index in [-0.39, 0.29) is 12.7 Å². The molecule has 0 aliphatic carbocycles. The van der Waals surface area contributed by atoms with Crippen LogP contribution in [0.15, 0.2) is 18.2 Å². The van der Waals surface area contributed by atoms with Crippen LogP contribution in [-0.2, 0) is 9.47 Å². The summed E-state index contributed by atoms with van der Waals surface area (Å²) in [5.74, 6) is -2.46. The van der Waals surface area contributed by atoms with Crippen molar-refractivity contribution in [3.63, 3.8) is 0 Å². The minimum atomic E-state index is -0.874. The second kappa shape index (κ2) is 7.18. The molecule has 100 valence electrons. The smallest absolute Gasteiger partial charge is 0.194 e. The lowest BCUT2D eigenvalue weighted by Gasteiger charge is -2.12. The summed E-state index contributed by atoms with van der Waals surface area (Å²) in [6, 6.07) is 3.29. The van der Waals surface area contributed by atoms with E-state index in [0.29, 0.717) is 13.2 Å². The summed E-state index contributed by atoms with van der Waals surface area (Å²) in [5.41, 5.74) is -0.555. The zero-order valence-electron chi connectivity index (χ0n) is 10.4. The molecule has 1 aromatic carbocycles. The third kappa shape index (κ3) is 4.16. The van der Waals surface area contributed by atoms with Crippen molar-refractivity contribution in [2.45, 2.75) is 20.0 Å². The lowest BCUT2D eigenvalue weighted by molar-refractivity contribution is 0.000934. The van der Waals surface area contributed by atoms with Gasteiger partial charge in [-0.25, -0.2) is 8.78 Å². The van der Waals surface area contributed by atoms with Crippen LogP contribution in [-0.4, -0.2) is 31.7 Å². The maximum Gasteiger partial charge on any atom is 0.194 e. The van der Waals surface area contributed by atoms with E-state index in [1.807, 2.05) is 6.92 Å². The predicted molar refractivity (Wildman–Crippen MR) is 62.6 cm³/mol. The molecule has 0 saturated heterocycles. The molecule has 0 aliphatic heterocycles. The Morgan fingerprint density at radius 3 is 2.50 bits per heavy atom. The highest BCUT2D eigenvalue weighted by atomic mass is 19.1. The molecule has 1 aromatic rings. The van der Waals surface area contributed by atoms with Gasteiger partial charge in [0, 0.05) is 6.61 Å². The van der Waals surface area contributed by atoms with Crippen LogP contribution in [0, 0.1) is 11.6 Å². The Morgan fingerprint density at radius 2 is 1.94 bits per heavy atom. The van der Waals surface area contributed by atoms with Gasteiger partial charge < -0.3 is 9.47 Å². The van der Waals surface area contributed by atoms with Gasteiger partial charge in [-0.15, -0.1) is 0 Å². The van der Waals surface area contributed by atoms with E-state index in [1.54, 1.807) is 6.92 Å². The first kappa shape index (κ1) is 14.7. The van der Waals surface area contributed by atoms with Crippen LogP contribution in [0.25, 0.3) is 0 Å². The molecule has 0 saturated carbocycles. The van der Waals surface area contributed by atoms with Crippen molar-refractivity contribution < 1.29 is 23.0 Å². The molecular weight excluding hydrogens is 242 g/mol. The SMILES string of the molecule is CCOCC(C)OCC(=O)c1c(F)cccc1F. The van der Waals surface area contributed by atoms with Crippen LogP contribution in [0.2, 0.25) is 0 Å². The molecule has 1 atom stereocenters. The second-order valence-corrected chi connectivity index (χ2v) is 3.80. The van der Waals surface area contributed by atoms with Crippen molar-refractivity contribution in [3.8, 4) is 0 Å². The molecule has 0 bridgehead atoms. The summed E-state index contributed by atoms with van der Waals surface area (Å²) in [4.78, 5) is 11.6. The first-order valence-corrected chi connectivity index (χ1v) is 5.72. The Balaban J connectivity index is 2.55.